The summed E-state index contributed by atoms with van der Waals surface area (Å²) in [4.78, 5) is 0. The maximum absolute atomic E-state index is 4.54. The zero-order chi connectivity index (χ0) is 19.7. The van der Waals surface area contributed by atoms with Crippen molar-refractivity contribution >= 4 is 0 Å². The Hall–Kier alpha value is -1.24. The maximum Gasteiger partial charge on any atom is 0.0519 e. The van der Waals surface area contributed by atoms with Crippen LogP contribution in [0.4, 0.5) is 0 Å². The topological polar surface area (TPSA) is 12.0 Å². The minimum absolute atomic E-state index is 0.0770. The number of allylic oxidation sites excluding steroid dienone is 3. The molecular formula is C24H41N. The maximum atomic E-state index is 4.54. The highest BCUT2D eigenvalue weighted by molar-refractivity contribution is 5.29. The lowest BCUT2D eigenvalue weighted by atomic mass is 9.71. The van der Waals surface area contributed by atoms with Gasteiger partial charge in [0.1, 0.15) is 0 Å². The molecule has 0 bridgehead atoms. The van der Waals surface area contributed by atoms with Crippen molar-refractivity contribution in [2.24, 2.45) is 34.5 Å². The average Bonchev–Trinajstić information content (AvgIpc) is 3.03. The fourth-order valence-corrected chi connectivity index (χ4v) is 4.88. The summed E-state index contributed by atoms with van der Waals surface area (Å²) in [5, 5.41) is 3.57. The number of rotatable bonds is 9. The predicted molar refractivity (Wildman–Crippen MR) is 113 cm³/mol. The van der Waals surface area contributed by atoms with Crippen molar-refractivity contribution in [1.82, 2.24) is 5.32 Å². The van der Waals surface area contributed by atoms with Gasteiger partial charge in [-0.15, -0.1) is 0 Å². The van der Waals surface area contributed by atoms with Crippen LogP contribution in [0.15, 0.2) is 49.2 Å². The minimum atomic E-state index is 0.0770. The van der Waals surface area contributed by atoms with E-state index in [4.69, 9.17) is 0 Å². The van der Waals surface area contributed by atoms with Crippen LogP contribution < -0.4 is 5.32 Å². The largest absolute Gasteiger partial charge is 0.382 e. The van der Waals surface area contributed by atoms with Crippen LogP contribution in [0.5, 0.6) is 0 Å². The van der Waals surface area contributed by atoms with E-state index in [0.29, 0.717) is 23.2 Å². The molecule has 1 saturated carbocycles. The third kappa shape index (κ3) is 4.49. The quantitative estimate of drug-likeness (QED) is 0.360. The van der Waals surface area contributed by atoms with Gasteiger partial charge in [-0.2, -0.15) is 0 Å². The van der Waals surface area contributed by atoms with Crippen molar-refractivity contribution in [3.05, 3.63) is 49.2 Å². The lowest BCUT2D eigenvalue weighted by Gasteiger charge is -2.39. The molecule has 0 spiro atoms. The van der Waals surface area contributed by atoms with E-state index in [1.54, 1.807) is 0 Å². The van der Waals surface area contributed by atoms with Gasteiger partial charge in [0.15, 0.2) is 0 Å². The summed E-state index contributed by atoms with van der Waals surface area (Å²) < 4.78 is 0. The Morgan fingerprint density at radius 1 is 1.20 bits per heavy atom. The molecule has 1 aliphatic carbocycles. The van der Waals surface area contributed by atoms with Gasteiger partial charge in [-0.1, -0.05) is 98.4 Å². The van der Waals surface area contributed by atoms with Crippen LogP contribution in [0.25, 0.3) is 0 Å². The first-order chi connectivity index (χ1) is 11.3. The van der Waals surface area contributed by atoms with Crippen molar-refractivity contribution < 1.29 is 0 Å². The molecule has 0 aromatic heterocycles. The molecule has 0 aromatic carbocycles. The lowest BCUT2D eigenvalue weighted by Crippen LogP contribution is -2.43. The summed E-state index contributed by atoms with van der Waals surface area (Å²) in [7, 11) is 0. The Morgan fingerprint density at radius 3 is 2.04 bits per heavy atom. The standard InChI is InChI=1S/C24H41N/c1-13-16(5)20(21-19(14-2)24(21,11)12)17(6)18(7)22(23(8,9)10)25-15(3)4/h13,17,19-22,25H,1,3,5,7,14H2,2,4,6,8-12H3. The molecule has 1 aliphatic rings. The normalized spacial score (nSPS) is 25.4. The van der Waals surface area contributed by atoms with Gasteiger partial charge in [-0.3, -0.25) is 0 Å². The van der Waals surface area contributed by atoms with Crippen LogP contribution in [-0.2, 0) is 0 Å². The molecular weight excluding hydrogens is 302 g/mol. The lowest BCUT2D eigenvalue weighted by molar-refractivity contribution is 0.275. The van der Waals surface area contributed by atoms with Crippen molar-refractivity contribution in [3.8, 4) is 0 Å². The molecule has 25 heavy (non-hydrogen) atoms. The highest BCUT2D eigenvalue weighted by Gasteiger charge is 2.60. The molecule has 142 valence electrons. The van der Waals surface area contributed by atoms with Gasteiger partial charge < -0.3 is 5.32 Å². The second-order valence-electron chi connectivity index (χ2n) is 9.75. The molecule has 1 fully saturated rings. The Balaban J connectivity index is 3.18. The van der Waals surface area contributed by atoms with Gasteiger partial charge in [0.05, 0.1) is 6.04 Å². The Morgan fingerprint density at radius 2 is 1.72 bits per heavy atom. The van der Waals surface area contributed by atoms with Gasteiger partial charge >= 0.3 is 0 Å². The van der Waals surface area contributed by atoms with Gasteiger partial charge in [0, 0.05) is 5.70 Å². The highest BCUT2D eigenvalue weighted by atomic mass is 14.9. The van der Waals surface area contributed by atoms with Gasteiger partial charge in [-0.25, -0.2) is 0 Å². The molecule has 1 nitrogen and oxygen atoms in total. The van der Waals surface area contributed by atoms with Crippen molar-refractivity contribution in [1.29, 1.82) is 0 Å². The highest BCUT2D eigenvalue weighted by Crippen LogP contribution is 2.66. The van der Waals surface area contributed by atoms with Gasteiger partial charge in [0.2, 0.25) is 0 Å². The Labute approximate surface area is 157 Å². The molecule has 0 heterocycles. The summed E-state index contributed by atoms with van der Waals surface area (Å²) >= 11 is 0. The van der Waals surface area contributed by atoms with E-state index in [1.807, 2.05) is 13.0 Å². The second-order valence-corrected chi connectivity index (χ2v) is 9.75. The van der Waals surface area contributed by atoms with Crippen LogP contribution in [-0.4, -0.2) is 6.04 Å². The molecule has 1 heteroatoms. The molecule has 0 aliphatic heterocycles. The molecule has 1 rings (SSSR count). The number of nitrogens with one attached hydrogen (secondary N) is 1. The summed E-state index contributed by atoms with van der Waals surface area (Å²) in [6.07, 6.45) is 3.18. The van der Waals surface area contributed by atoms with Crippen LogP contribution in [0.3, 0.4) is 0 Å². The van der Waals surface area contributed by atoms with E-state index in [1.165, 1.54) is 12.0 Å². The van der Waals surface area contributed by atoms with Gasteiger partial charge in [-0.05, 0) is 41.4 Å². The van der Waals surface area contributed by atoms with E-state index in [2.05, 4.69) is 80.1 Å². The third-order valence-corrected chi connectivity index (χ3v) is 6.41. The van der Waals surface area contributed by atoms with Crippen LogP contribution in [0, 0.1) is 34.5 Å². The van der Waals surface area contributed by atoms with Crippen molar-refractivity contribution in [2.75, 3.05) is 0 Å². The molecule has 0 amide bonds. The zero-order valence-corrected chi connectivity index (χ0v) is 18.0. The fourth-order valence-electron chi connectivity index (χ4n) is 4.88. The molecule has 1 N–H and O–H groups in total. The van der Waals surface area contributed by atoms with E-state index in [0.717, 1.165) is 17.2 Å². The molecule has 5 unspecified atom stereocenters. The minimum Gasteiger partial charge on any atom is -0.382 e. The van der Waals surface area contributed by atoms with Crippen LogP contribution in [0.1, 0.15) is 61.8 Å². The predicted octanol–water partition coefficient (Wildman–Crippen LogP) is 6.76. The van der Waals surface area contributed by atoms with Crippen LogP contribution >= 0.6 is 0 Å². The number of hydrogen-bond acceptors (Lipinski definition) is 1. The monoisotopic (exact) mass is 343 g/mol. The third-order valence-electron chi connectivity index (χ3n) is 6.41. The fraction of sp³-hybridized carbons (Fsp3) is 0.667. The molecule has 0 saturated heterocycles. The Kier molecular flexibility index (Phi) is 6.59. The summed E-state index contributed by atoms with van der Waals surface area (Å²) in [5.74, 6) is 2.16. The summed E-state index contributed by atoms with van der Waals surface area (Å²) in [6.45, 7) is 35.2. The van der Waals surface area contributed by atoms with Crippen molar-refractivity contribution in [3.63, 3.8) is 0 Å². The summed E-state index contributed by atoms with van der Waals surface area (Å²) in [5.41, 5.74) is 3.85. The van der Waals surface area contributed by atoms with E-state index < -0.39 is 0 Å². The smallest absolute Gasteiger partial charge is 0.0519 e. The SMILES string of the molecule is C=CC(=C)C(C(C)C(=C)C(NC(=C)C)C(C)(C)C)C1C(CC)C1(C)C. The van der Waals surface area contributed by atoms with Crippen molar-refractivity contribution in [2.45, 2.75) is 67.9 Å². The molecule has 5 atom stereocenters. The second kappa shape index (κ2) is 7.56. The first-order valence-corrected chi connectivity index (χ1v) is 9.72. The first kappa shape index (κ1) is 21.8. The summed E-state index contributed by atoms with van der Waals surface area (Å²) in [6, 6.07) is 0.196. The van der Waals surface area contributed by atoms with E-state index >= 15 is 0 Å². The molecule has 0 aromatic rings. The number of hydrogen-bond donors (Lipinski definition) is 1. The zero-order valence-electron chi connectivity index (χ0n) is 18.0. The molecule has 0 radical (unpaired) electrons. The first-order valence-electron chi connectivity index (χ1n) is 9.72. The average molecular weight is 344 g/mol. The Bertz CT molecular complexity index is 543. The van der Waals surface area contributed by atoms with E-state index in [9.17, 15) is 0 Å². The van der Waals surface area contributed by atoms with E-state index in [-0.39, 0.29) is 11.5 Å². The van der Waals surface area contributed by atoms with Crippen LogP contribution in [0.2, 0.25) is 0 Å². The van der Waals surface area contributed by atoms with Gasteiger partial charge in [0.25, 0.3) is 0 Å².